The lowest BCUT2D eigenvalue weighted by molar-refractivity contribution is 0.122. The Morgan fingerprint density at radius 2 is 1.85 bits per heavy atom. The van der Waals surface area contributed by atoms with E-state index in [1.807, 2.05) is 19.1 Å². The predicted molar refractivity (Wildman–Crippen MR) is 128 cm³/mol. The van der Waals surface area contributed by atoms with E-state index in [4.69, 9.17) is 14.2 Å². The van der Waals surface area contributed by atoms with Crippen molar-refractivity contribution in [3.63, 3.8) is 0 Å². The highest BCUT2D eigenvalue weighted by molar-refractivity contribution is 5.85. The number of nitrogens with zero attached hydrogens (tertiary/aromatic N) is 4. The summed E-state index contributed by atoms with van der Waals surface area (Å²) in [7, 11) is 0. The zero-order valence-electron chi connectivity index (χ0n) is 19.1. The minimum atomic E-state index is 0.168. The number of ether oxygens (including phenoxy) is 3. The summed E-state index contributed by atoms with van der Waals surface area (Å²) in [6.45, 7) is 5.86. The van der Waals surface area contributed by atoms with Crippen LogP contribution >= 0.6 is 0 Å². The second kappa shape index (κ2) is 10.2. The van der Waals surface area contributed by atoms with Crippen molar-refractivity contribution in [2.75, 3.05) is 43.1 Å². The molecule has 0 unspecified atom stereocenters. The fourth-order valence-electron chi connectivity index (χ4n) is 4.55. The molecule has 0 amide bonds. The molecular formula is C25H31N5O3. The van der Waals surface area contributed by atoms with Gasteiger partial charge in [0.25, 0.3) is 0 Å². The lowest BCUT2D eigenvalue weighted by Crippen LogP contribution is -2.36. The van der Waals surface area contributed by atoms with Gasteiger partial charge in [-0.05, 0) is 50.8 Å². The lowest BCUT2D eigenvalue weighted by Gasteiger charge is -2.31. The molecule has 1 N–H and O–H groups in total. The topological polar surface area (TPSA) is 81.6 Å². The zero-order chi connectivity index (χ0) is 22.5. The SMILES string of the molecule is CCOc1ccc(NC2CCC(Oc3cc(N4CCOCC4)cc4nccnc34)CC2)nc1. The van der Waals surface area contributed by atoms with Crippen LogP contribution in [0, 0.1) is 0 Å². The van der Waals surface area contributed by atoms with Crippen molar-refractivity contribution < 1.29 is 14.2 Å². The quantitative estimate of drug-likeness (QED) is 0.578. The second-order valence-corrected chi connectivity index (χ2v) is 8.52. The van der Waals surface area contributed by atoms with Crippen molar-refractivity contribution in [2.24, 2.45) is 0 Å². The van der Waals surface area contributed by atoms with Crippen LogP contribution in [0.5, 0.6) is 11.5 Å². The van der Waals surface area contributed by atoms with Gasteiger partial charge < -0.3 is 24.4 Å². The average Bonchev–Trinajstić information content (AvgIpc) is 2.87. The van der Waals surface area contributed by atoms with Gasteiger partial charge in [-0.15, -0.1) is 0 Å². The maximum atomic E-state index is 6.52. The fourth-order valence-corrected chi connectivity index (χ4v) is 4.55. The van der Waals surface area contributed by atoms with Crippen LogP contribution < -0.4 is 19.7 Å². The summed E-state index contributed by atoms with van der Waals surface area (Å²) in [5, 5.41) is 3.55. The summed E-state index contributed by atoms with van der Waals surface area (Å²) in [6.07, 6.45) is 9.44. The highest BCUT2D eigenvalue weighted by Gasteiger charge is 2.24. The molecule has 1 aliphatic heterocycles. The summed E-state index contributed by atoms with van der Waals surface area (Å²) in [6, 6.07) is 8.56. The van der Waals surface area contributed by atoms with E-state index >= 15 is 0 Å². The fraction of sp³-hybridized carbons (Fsp3) is 0.480. The molecule has 3 aromatic rings. The average molecular weight is 450 g/mol. The first kappa shape index (κ1) is 21.7. The van der Waals surface area contributed by atoms with E-state index < -0.39 is 0 Å². The molecule has 2 aliphatic rings. The first-order valence-electron chi connectivity index (χ1n) is 11.9. The van der Waals surface area contributed by atoms with E-state index in [-0.39, 0.29) is 6.10 Å². The number of rotatable bonds is 7. The normalized spacial score (nSPS) is 21.1. The van der Waals surface area contributed by atoms with Crippen molar-refractivity contribution in [3.05, 3.63) is 42.9 Å². The van der Waals surface area contributed by atoms with Crippen molar-refractivity contribution in [2.45, 2.75) is 44.8 Å². The van der Waals surface area contributed by atoms with Crippen LogP contribution in [-0.4, -0.2) is 60.0 Å². The standard InChI is InChI=1S/C25H31N5O3/c1-2-32-21-7-8-24(28-17-21)29-18-3-5-20(6-4-18)33-23-16-19(30-11-13-31-14-12-30)15-22-25(23)27-10-9-26-22/h7-10,15-18,20H,2-6,11-14H2,1H3,(H,28,29). The third-order valence-corrected chi connectivity index (χ3v) is 6.27. The molecule has 0 spiro atoms. The number of hydrogen-bond acceptors (Lipinski definition) is 8. The molecule has 2 fully saturated rings. The second-order valence-electron chi connectivity index (χ2n) is 8.52. The minimum Gasteiger partial charge on any atom is -0.492 e. The number of nitrogens with one attached hydrogen (secondary N) is 1. The van der Waals surface area contributed by atoms with Gasteiger partial charge in [-0.25, -0.2) is 9.97 Å². The highest BCUT2D eigenvalue weighted by Crippen LogP contribution is 2.33. The number of morpholine rings is 1. The van der Waals surface area contributed by atoms with Gasteiger partial charge in [-0.3, -0.25) is 4.98 Å². The minimum absolute atomic E-state index is 0.168. The van der Waals surface area contributed by atoms with Gasteiger partial charge in [-0.1, -0.05) is 0 Å². The highest BCUT2D eigenvalue weighted by atomic mass is 16.5. The Hall–Kier alpha value is -3.13. The molecule has 2 aromatic heterocycles. The summed E-state index contributed by atoms with van der Waals surface area (Å²) in [4.78, 5) is 15.9. The summed E-state index contributed by atoms with van der Waals surface area (Å²) in [5.74, 6) is 2.52. The third-order valence-electron chi connectivity index (χ3n) is 6.27. The number of hydrogen-bond donors (Lipinski definition) is 1. The number of anilines is 2. The monoisotopic (exact) mass is 449 g/mol. The van der Waals surface area contributed by atoms with Gasteiger partial charge >= 0.3 is 0 Å². The van der Waals surface area contributed by atoms with Gasteiger partial charge in [0.2, 0.25) is 0 Å². The molecule has 1 aliphatic carbocycles. The van der Waals surface area contributed by atoms with Crippen LogP contribution in [0.25, 0.3) is 11.0 Å². The van der Waals surface area contributed by atoms with E-state index in [2.05, 4.69) is 37.3 Å². The number of pyridine rings is 1. The van der Waals surface area contributed by atoms with Crippen LogP contribution in [0.15, 0.2) is 42.9 Å². The molecule has 0 radical (unpaired) electrons. The number of aromatic nitrogens is 3. The molecule has 5 rings (SSSR count). The van der Waals surface area contributed by atoms with E-state index in [0.717, 1.165) is 86.0 Å². The van der Waals surface area contributed by atoms with Crippen molar-refractivity contribution >= 4 is 22.5 Å². The maximum Gasteiger partial charge on any atom is 0.149 e. The lowest BCUT2D eigenvalue weighted by atomic mass is 9.93. The van der Waals surface area contributed by atoms with Gasteiger partial charge in [0.15, 0.2) is 0 Å². The van der Waals surface area contributed by atoms with Gasteiger partial charge in [0.05, 0.1) is 37.6 Å². The van der Waals surface area contributed by atoms with E-state index in [0.29, 0.717) is 12.6 Å². The van der Waals surface area contributed by atoms with Crippen LogP contribution in [0.3, 0.4) is 0 Å². The molecule has 1 saturated heterocycles. The largest absolute Gasteiger partial charge is 0.492 e. The summed E-state index contributed by atoms with van der Waals surface area (Å²) in [5.41, 5.74) is 2.82. The molecule has 174 valence electrons. The number of benzene rings is 1. The van der Waals surface area contributed by atoms with Crippen LogP contribution in [0.4, 0.5) is 11.5 Å². The molecule has 8 nitrogen and oxygen atoms in total. The van der Waals surface area contributed by atoms with Crippen LogP contribution in [0.2, 0.25) is 0 Å². The smallest absolute Gasteiger partial charge is 0.149 e. The van der Waals surface area contributed by atoms with Gasteiger partial charge in [0.1, 0.15) is 22.8 Å². The molecule has 33 heavy (non-hydrogen) atoms. The van der Waals surface area contributed by atoms with Crippen LogP contribution in [0.1, 0.15) is 32.6 Å². The molecule has 3 heterocycles. The molecule has 1 aromatic carbocycles. The molecule has 1 saturated carbocycles. The molecule has 8 heteroatoms. The predicted octanol–water partition coefficient (Wildman–Crippen LogP) is 4.06. The van der Waals surface area contributed by atoms with Gasteiger partial charge in [-0.2, -0.15) is 0 Å². The first-order chi connectivity index (χ1) is 16.3. The first-order valence-corrected chi connectivity index (χ1v) is 11.9. The summed E-state index contributed by atoms with van der Waals surface area (Å²) >= 11 is 0. The Bertz CT molecular complexity index is 1050. The van der Waals surface area contributed by atoms with E-state index in [1.165, 1.54) is 0 Å². The third kappa shape index (κ3) is 5.27. The molecular weight excluding hydrogens is 418 g/mol. The summed E-state index contributed by atoms with van der Waals surface area (Å²) < 4.78 is 17.5. The number of fused-ring (bicyclic) bond motifs is 1. The Morgan fingerprint density at radius 1 is 1.03 bits per heavy atom. The van der Waals surface area contributed by atoms with Crippen molar-refractivity contribution in [1.29, 1.82) is 0 Å². The van der Waals surface area contributed by atoms with E-state index in [1.54, 1.807) is 18.6 Å². The zero-order valence-corrected chi connectivity index (χ0v) is 19.1. The molecule has 0 atom stereocenters. The maximum absolute atomic E-state index is 6.52. The van der Waals surface area contributed by atoms with Crippen molar-refractivity contribution in [1.82, 2.24) is 15.0 Å². The van der Waals surface area contributed by atoms with Crippen molar-refractivity contribution in [3.8, 4) is 11.5 Å². The Kier molecular flexibility index (Phi) is 6.71. The molecule has 0 bridgehead atoms. The Morgan fingerprint density at radius 3 is 2.61 bits per heavy atom. The Balaban J connectivity index is 1.23. The Labute approximate surface area is 194 Å². The van der Waals surface area contributed by atoms with Crippen LogP contribution in [-0.2, 0) is 4.74 Å². The van der Waals surface area contributed by atoms with E-state index in [9.17, 15) is 0 Å². The van der Waals surface area contributed by atoms with Gasteiger partial charge in [0, 0.05) is 43.3 Å².